The molecule has 0 unspecified atom stereocenters. The van der Waals surface area contributed by atoms with Gasteiger partial charge in [-0.2, -0.15) is 11.8 Å². The molecule has 4 aromatic rings. The number of thioether (sulfide) groups is 1. The number of rotatable bonds is 6. The van der Waals surface area contributed by atoms with Crippen molar-refractivity contribution in [3.63, 3.8) is 0 Å². The summed E-state index contributed by atoms with van der Waals surface area (Å²) in [5.74, 6) is 1.31. The van der Waals surface area contributed by atoms with Gasteiger partial charge in [-0.15, -0.1) is 21.5 Å². The molecular formula is C18H18N6O2S2. The summed E-state index contributed by atoms with van der Waals surface area (Å²) in [5, 5.41) is 12.0. The number of hydrogen-bond acceptors (Lipinski definition) is 7. The van der Waals surface area contributed by atoms with E-state index >= 15 is 0 Å². The Morgan fingerprint density at radius 2 is 2.25 bits per heavy atom. The fraction of sp³-hybridized carbons (Fsp3) is 0.278. The lowest BCUT2D eigenvalue weighted by atomic mass is 10.1. The van der Waals surface area contributed by atoms with Crippen LogP contribution in [0.1, 0.15) is 33.5 Å². The van der Waals surface area contributed by atoms with Gasteiger partial charge in [-0.1, -0.05) is 6.07 Å². The smallest absolute Gasteiger partial charge is 0.262 e. The van der Waals surface area contributed by atoms with E-state index in [2.05, 4.69) is 25.5 Å². The zero-order valence-electron chi connectivity index (χ0n) is 15.3. The van der Waals surface area contributed by atoms with Crippen LogP contribution in [0, 0.1) is 6.92 Å². The maximum absolute atomic E-state index is 13.0. The largest absolute Gasteiger partial charge is 0.341 e. The number of aromatic nitrogens is 5. The molecule has 0 aliphatic heterocycles. The molecule has 8 nitrogen and oxygen atoms in total. The maximum atomic E-state index is 13.0. The number of aryl methyl sites for hydroxylation is 1. The average Bonchev–Trinajstić information content (AvgIpc) is 3.27. The van der Waals surface area contributed by atoms with Crippen LogP contribution in [0.15, 0.2) is 35.5 Å². The summed E-state index contributed by atoms with van der Waals surface area (Å²) in [7, 11) is 0. The second kappa shape index (κ2) is 7.72. The highest BCUT2D eigenvalue weighted by atomic mass is 32.2. The molecule has 4 rings (SSSR count). The number of carbonyl (C=O) groups excluding carboxylic acids is 1. The first-order valence-corrected chi connectivity index (χ1v) is 10.9. The molecule has 2 N–H and O–H groups in total. The molecule has 28 heavy (non-hydrogen) atoms. The number of H-pyrrole nitrogens is 1. The molecular weight excluding hydrogens is 396 g/mol. The Labute approximate surface area is 168 Å². The van der Waals surface area contributed by atoms with Crippen LogP contribution >= 0.6 is 23.1 Å². The van der Waals surface area contributed by atoms with Crippen molar-refractivity contribution in [2.45, 2.75) is 19.4 Å². The number of hydrogen-bond donors (Lipinski definition) is 2. The second-order valence-corrected chi connectivity index (χ2v) is 8.25. The van der Waals surface area contributed by atoms with Gasteiger partial charge in [0, 0.05) is 6.20 Å². The molecule has 0 saturated heterocycles. The van der Waals surface area contributed by atoms with Gasteiger partial charge < -0.3 is 10.3 Å². The van der Waals surface area contributed by atoms with E-state index in [-0.39, 0.29) is 17.5 Å². The zero-order chi connectivity index (χ0) is 19.7. The van der Waals surface area contributed by atoms with Crippen molar-refractivity contribution in [2.75, 3.05) is 12.0 Å². The molecule has 0 bridgehead atoms. The van der Waals surface area contributed by atoms with E-state index in [0.717, 1.165) is 11.4 Å². The molecule has 4 heterocycles. The minimum Gasteiger partial charge on any atom is -0.341 e. The third kappa shape index (κ3) is 3.29. The summed E-state index contributed by atoms with van der Waals surface area (Å²) in [4.78, 5) is 32.9. The SMILES string of the molecule is CSCC[C@H](NC(=O)c1sc2nc[nH]c(=O)c2c1C)c1nnc2ccccn12. The number of nitrogens with one attached hydrogen (secondary N) is 2. The Bertz CT molecular complexity index is 1210. The van der Waals surface area contributed by atoms with Crippen LogP contribution in [-0.2, 0) is 0 Å². The Kier molecular flexibility index (Phi) is 5.14. The fourth-order valence-electron chi connectivity index (χ4n) is 3.12. The third-order valence-corrected chi connectivity index (χ3v) is 6.35. The van der Waals surface area contributed by atoms with Crippen molar-refractivity contribution in [1.82, 2.24) is 29.9 Å². The molecule has 1 amide bonds. The van der Waals surface area contributed by atoms with Crippen molar-refractivity contribution >= 4 is 44.9 Å². The van der Waals surface area contributed by atoms with E-state index in [1.807, 2.05) is 35.1 Å². The summed E-state index contributed by atoms with van der Waals surface area (Å²) >= 11 is 2.92. The maximum Gasteiger partial charge on any atom is 0.262 e. The number of amides is 1. The van der Waals surface area contributed by atoms with E-state index < -0.39 is 0 Å². The summed E-state index contributed by atoms with van der Waals surface area (Å²) in [6.07, 6.45) is 5.98. The first-order valence-electron chi connectivity index (χ1n) is 8.66. The Morgan fingerprint density at radius 3 is 3.04 bits per heavy atom. The zero-order valence-corrected chi connectivity index (χ0v) is 16.9. The first-order chi connectivity index (χ1) is 13.6. The second-order valence-electron chi connectivity index (χ2n) is 6.26. The molecule has 4 aromatic heterocycles. The van der Waals surface area contributed by atoms with E-state index in [9.17, 15) is 9.59 Å². The van der Waals surface area contributed by atoms with Crippen molar-refractivity contribution in [2.24, 2.45) is 0 Å². The monoisotopic (exact) mass is 414 g/mol. The van der Waals surface area contributed by atoms with Gasteiger partial charge in [0.05, 0.1) is 22.6 Å². The minimum atomic E-state index is -0.298. The number of fused-ring (bicyclic) bond motifs is 2. The third-order valence-electron chi connectivity index (χ3n) is 4.51. The normalized spacial score (nSPS) is 12.5. The summed E-state index contributed by atoms with van der Waals surface area (Å²) in [5.41, 5.74) is 1.14. The van der Waals surface area contributed by atoms with E-state index in [1.165, 1.54) is 17.7 Å². The molecule has 1 atom stereocenters. The molecule has 0 aliphatic rings. The highest BCUT2D eigenvalue weighted by Gasteiger charge is 2.24. The number of aromatic amines is 1. The molecule has 10 heteroatoms. The van der Waals surface area contributed by atoms with Crippen molar-refractivity contribution in [1.29, 1.82) is 0 Å². The highest BCUT2D eigenvalue weighted by Crippen LogP contribution is 2.27. The summed E-state index contributed by atoms with van der Waals surface area (Å²) < 4.78 is 1.88. The van der Waals surface area contributed by atoms with E-state index in [4.69, 9.17) is 0 Å². The minimum absolute atomic E-state index is 0.236. The van der Waals surface area contributed by atoms with Crippen molar-refractivity contribution in [3.05, 3.63) is 57.3 Å². The van der Waals surface area contributed by atoms with Crippen LogP contribution in [0.2, 0.25) is 0 Å². The van der Waals surface area contributed by atoms with Gasteiger partial charge in [0.15, 0.2) is 11.5 Å². The van der Waals surface area contributed by atoms with Gasteiger partial charge in [-0.25, -0.2) is 4.98 Å². The van der Waals surface area contributed by atoms with E-state index in [0.29, 0.717) is 32.9 Å². The number of nitrogens with zero attached hydrogens (tertiary/aromatic N) is 4. The van der Waals surface area contributed by atoms with Crippen molar-refractivity contribution < 1.29 is 4.79 Å². The Balaban J connectivity index is 1.69. The lowest BCUT2D eigenvalue weighted by molar-refractivity contribution is 0.0937. The van der Waals surface area contributed by atoms with E-state index in [1.54, 1.807) is 18.7 Å². The van der Waals surface area contributed by atoms with Crippen LogP contribution in [0.5, 0.6) is 0 Å². The number of pyridine rings is 1. The first kappa shape index (κ1) is 18.6. The quantitative estimate of drug-likeness (QED) is 0.502. The van der Waals surface area contributed by atoms with Crippen molar-refractivity contribution in [3.8, 4) is 0 Å². The number of thiophene rings is 1. The van der Waals surface area contributed by atoms with Crippen LogP contribution in [0.25, 0.3) is 15.9 Å². The van der Waals surface area contributed by atoms with Gasteiger partial charge >= 0.3 is 0 Å². The van der Waals surface area contributed by atoms with Crippen LogP contribution < -0.4 is 10.9 Å². The average molecular weight is 415 g/mol. The molecule has 0 aromatic carbocycles. The molecule has 0 spiro atoms. The van der Waals surface area contributed by atoms with Crippen LogP contribution in [0.3, 0.4) is 0 Å². The Hall–Kier alpha value is -2.72. The van der Waals surface area contributed by atoms with Gasteiger partial charge in [0.25, 0.3) is 11.5 Å². The predicted molar refractivity (Wildman–Crippen MR) is 111 cm³/mol. The molecule has 0 fully saturated rings. The lowest BCUT2D eigenvalue weighted by Crippen LogP contribution is -2.30. The lowest BCUT2D eigenvalue weighted by Gasteiger charge is -2.16. The number of carbonyl (C=O) groups is 1. The van der Waals surface area contributed by atoms with Gasteiger partial charge in [0.1, 0.15) is 4.83 Å². The molecule has 0 aliphatic carbocycles. The Morgan fingerprint density at radius 1 is 1.39 bits per heavy atom. The molecule has 0 radical (unpaired) electrons. The molecule has 144 valence electrons. The van der Waals surface area contributed by atoms with Crippen LogP contribution in [-0.4, -0.2) is 42.5 Å². The fourth-order valence-corrected chi connectivity index (χ4v) is 4.64. The predicted octanol–water partition coefficient (Wildman–Crippen LogP) is 2.56. The van der Waals surface area contributed by atoms with Gasteiger partial charge in [-0.3, -0.25) is 14.0 Å². The topological polar surface area (TPSA) is 105 Å². The summed E-state index contributed by atoms with van der Waals surface area (Å²) in [6.45, 7) is 1.77. The van der Waals surface area contributed by atoms with Gasteiger partial charge in [0.2, 0.25) is 0 Å². The van der Waals surface area contributed by atoms with Gasteiger partial charge in [-0.05, 0) is 43.0 Å². The standard InChI is InChI=1S/C18H18N6O2S2/c1-10-13-16(25)19-9-20-18(13)28-14(10)17(26)21-11(6-8-27-2)15-23-22-12-5-3-4-7-24(12)15/h3-5,7,9,11H,6,8H2,1-2H3,(H,21,26)(H,19,20,25)/t11-/m0/s1. The summed E-state index contributed by atoms with van der Waals surface area (Å²) in [6, 6.07) is 5.38. The highest BCUT2D eigenvalue weighted by molar-refractivity contribution is 7.98. The molecule has 0 saturated carbocycles. The van der Waals surface area contributed by atoms with Crippen LogP contribution in [0.4, 0.5) is 0 Å².